The summed E-state index contributed by atoms with van der Waals surface area (Å²) >= 11 is 1.79. The summed E-state index contributed by atoms with van der Waals surface area (Å²) in [4.78, 5) is 8.26. The zero-order valence-corrected chi connectivity index (χ0v) is 11.1. The van der Waals surface area contributed by atoms with Gasteiger partial charge >= 0.3 is 0 Å². The zero-order chi connectivity index (χ0) is 11.8. The number of aryl methyl sites for hydroxylation is 2. The van der Waals surface area contributed by atoms with Crippen LogP contribution in [0.4, 0.5) is 0 Å². The normalized spacial score (nSPS) is 21.2. The molecular weight excluding hydrogens is 220 g/mol. The Bertz CT molecular complexity index is 344. The van der Waals surface area contributed by atoms with E-state index in [0.717, 1.165) is 38.2 Å². The third-order valence-electron chi connectivity index (χ3n) is 3.36. The number of aromatic nitrogens is 1. The average Bonchev–Trinajstić information content (AvgIpc) is 2.50. The molecule has 16 heavy (non-hydrogen) atoms. The molecule has 0 atom stereocenters. The van der Waals surface area contributed by atoms with Gasteiger partial charge in [0, 0.05) is 18.0 Å². The second-order valence-electron chi connectivity index (χ2n) is 5.02. The maximum atomic E-state index is 9.87. The molecule has 1 saturated heterocycles. The van der Waals surface area contributed by atoms with E-state index in [4.69, 9.17) is 0 Å². The van der Waals surface area contributed by atoms with Crippen molar-refractivity contribution in [3.63, 3.8) is 0 Å². The molecule has 3 nitrogen and oxygen atoms in total. The summed E-state index contributed by atoms with van der Waals surface area (Å²) in [5.41, 5.74) is 0.703. The van der Waals surface area contributed by atoms with Crippen LogP contribution in [-0.4, -0.2) is 33.7 Å². The summed E-state index contributed by atoms with van der Waals surface area (Å²) in [6, 6.07) is 0. The molecular formula is C12H20N2OS. The van der Waals surface area contributed by atoms with Crippen molar-refractivity contribution in [2.24, 2.45) is 0 Å². The van der Waals surface area contributed by atoms with Crippen molar-refractivity contribution >= 4 is 11.3 Å². The molecule has 2 rings (SSSR count). The van der Waals surface area contributed by atoms with Crippen molar-refractivity contribution in [2.45, 2.75) is 45.8 Å². The summed E-state index contributed by atoms with van der Waals surface area (Å²) in [6.45, 7) is 9.01. The number of thiazole rings is 1. The molecule has 0 aromatic carbocycles. The van der Waals surface area contributed by atoms with E-state index in [9.17, 15) is 5.11 Å². The Morgan fingerprint density at radius 2 is 2.00 bits per heavy atom. The lowest BCUT2D eigenvalue weighted by Crippen LogP contribution is -2.41. The molecule has 1 aromatic heterocycles. The van der Waals surface area contributed by atoms with Crippen LogP contribution >= 0.6 is 11.3 Å². The minimum absolute atomic E-state index is 0.453. The Balaban J connectivity index is 1.92. The highest BCUT2D eigenvalue weighted by molar-refractivity contribution is 7.11. The van der Waals surface area contributed by atoms with E-state index in [1.807, 2.05) is 6.92 Å². The van der Waals surface area contributed by atoms with Gasteiger partial charge in [-0.25, -0.2) is 4.98 Å². The summed E-state index contributed by atoms with van der Waals surface area (Å²) in [6.07, 6.45) is 1.74. The molecule has 1 fully saturated rings. The first-order valence-electron chi connectivity index (χ1n) is 5.84. The fraction of sp³-hybridized carbons (Fsp3) is 0.750. The maximum absolute atomic E-state index is 9.87. The molecule has 0 unspecified atom stereocenters. The molecule has 0 spiro atoms. The van der Waals surface area contributed by atoms with Gasteiger partial charge < -0.3 is 5.11 Å². The first-order chi connectivity index (χ1) is 7.46. The quantitative estimate of drug-likeness (QED) is 0.860. The Morgan fingerprint density at radius 3 is 2.50 bits per heavy atom. The molecule has 1 N–H and O–H groups in total. The van der Waals surface area contributed by atoms with Crippen molar-refractivity contribution in [1.82, 2.24) is 9.88 Å². The lowest BCUT2D eigenvalue weighted by Gasteiger charge is -2.35. The summed E-state index contributed by atoms with van der Waals surface area (Å²) in [5.74, 6) is 0. The molecule has 90 valence electrons. The van der Waals surface area contributed by atoms with Gasteiger partial charge in [-0.2, -0.15) is 0 Å². The van der Waals surface area contributed by atoms with Crippen LogP contribution in [0, 0.1) is 13.8 Å². The van der Waals surface area contributed by atoms with E-state index in [0.29, 0.717) is 0 Å². The van der Waals surface area contributed by atoms with E-state index < -0.39 is 5.60 Å². The van der Waals surface area contributed by atoms with Crippen LogP contribution in [-0.2, 0) is 6.54 Å². The molecule has 0 saturated carbocycles. The predicted octanol–water partition coefficient (Wildman–Crippen LogP) is 2.11. The molecule has 2 heterocycles. The maximum Gasteiger partial charge on any atom is 0.107 e. The van der Waals surface area contributed by atoms with Crippen molar-refractivity contribution in [3.05, 3.63) is 15.6 Å². The van der Waals surface area contributed by atoms with E-state index in [-0.39, 0.29) is 0 Å². The minimum Gasteiger partial charge on any atom is -0.390 e. The summed E-state index contributed by atoms with van der Waals surface area (Å²) < 4.78 is 0. The van der Waals surface area contributed by atoms with Gasteiger partial charge in [0.25, 0.3) is 0 Å². The third-order valence-corrected chi connectivity index (χ3v) is 4.42. The number of hydrogen-bond acceptors (Lipinski definition) is 4. The smallest absolute Gasteiger partial charge is 0.107 e. The van der Waals surface area contributed by atoms with Crippen LogP contribution in [0.1, 0.15) is 35.3 Å². The second-order valence-corrected chi connectivity index (χ2v) is 6.31. The van der Waals surface area contributed by atoms with Crippen LogP contribution in [0.3, 0.4) is 0 Å². The first kappa shape index (κ1) is 12.0. The van der Waals surface area contributed by atoms with Crippen LogP contribution in [0.2, 0.25) is 0 Å². The summed E-state index contributed by atoms with van der Waals surface area (Å²) in [7, 11) is 0. The number of rotatable bonds is 2. The second kappa shape index (κ2) is 4.43. The predicted molar refractivity (Wildman–Crippen MR) is 66.7 cm³/mol. The number of nitrogens with zero attached hydrogens (tertiary/aromatic N) is 2. The molecule has 1 aliphatic heterocycles. The summed E-state index contributed by atoms with van der Waals surface area (Å²) in [5, 5.41) is 11.1. The standard InChI is InChI=1S/C12H20N2OS/c1-9-10(2)16-11(13-9)8-14-6-4-12(3,15)5-7-14/h15H,4-8H2,1-3H3. The number of likely N-dealkylation sites (tertiary alicyclic amines) is 1. The van der Waals surface area contributed by atoms with Gasteiger partial charge in [-0.1, -0.05) is 0 Å². The van der Waals surface area contributed by atoms with E-state index >= 15 is 0 Å². The highest BCUT2D eigenvalue weighted by Crippen LogP contribution is 2.24. The van der Waals surface area contributed by atoms with E-state index in [2.05, 4.69) is 23.7 Å². The lowest BCUT2D eigenvalue weighted by molar-refractivity contribution is -0.00731. The van der Waals surface area contributed by atoms with Crippen molar-refractivity contribution in [2.75, 3.05) is 13.1 Å². The number of aliphatic hydroxyl groups is 1. The molecule has 1 aliphatic rings. The van der Waals surface area contributed by atoms with Crippen molar-refractivity contribution in [1.29, 1.82) is 0 Å². The monoisotopic (exact) mass is 240 g/mol. The Kier molecular flexibility index (Phi) is 3.33. The van der Waals surface area contributed by atoms with E-state index in [1.54, 1.807) is 11.3 Å². The minimum atomic E-state index is -0.453. The molecule has 4 heteroatoms. The van der Waals surface area contributed by atoms with Gasteiger partial charge in [0.15, 0.2) is 0 Å². The average molecular weight is 240 g/mol. The van der Waals surface area contributed by atoms with Crippen molar-refractivity contribution in [3.8, 4) is 0 Å². The van der Waals surface area contributed by atoms with Gasteiger partial charge in [0.2, 0.25) is 0 Å². The van der Waals surface area contributed by atoms with E-state index in [1.165, 1.54) is 9.88 Å². The Hall–Kier alpha value is -0.450. The molecule has 0 bridgehead atoms. The molecule has 1 aromatic rings. The van der Waals surface area contributed by atoms with Crippen LogP contribution < -0.4 is 0 Å². The fourth-order valence-electron chi connectivity index (χ4n) is 1.99. The molecule has 0 amide bonds. The largest absolute Gasteiger partial charge is 0.390 e. The van der Waals surface area contributed by atoms with Crippen molar-refractivity contribution < 1.29 is 5.11 Å². The highest BCUT2D eigenvalue weighted by Gasteiger charge is 2.27. The van der Waals surface area contributed by atoms with Gasteiger partial charge in [-0.3, -0.25) is 4.90 Å². The first-order valence-corrected chi connectivity index (χ1v) is 6.65. The third kappa shape index (κ3) is 2.81. The Labute approximate surface area is 101 Å². The van der Waals surface area contributed by atoms with Gasteiger partial charge in [0.1, 0.15) is 5.01 Å². The zero-order valence-electron chi connectivity index (χ0n) is 10.3. The van der Waals surface area contributed by atoms with Gasteiger partial charge in [-0.15, -0.1) is 11.3 Å². The SMILES string of the molecule is Cc1nc(CN2CCC(C)(O)CC2)sc1C. The van der Waals surface area contributed by atoms with Crippen LogP contribution in [0.25, 0.3) is 0 Å². The Morgan fingerprint density at radius 1 is 1.38 bits per heavy atom. The van der Waals surface area contributed by atoms with Gasteiger partial charge in [-0.05, 0) is 33.6 Å². The topological polar surface area (TPSA) is 36.4 Å². The van der Waals surface area contributed by atoms with Crippen LogP contribution in [0.5, 0.6) is 0 Å². The molecule has 0 aliphatic carbocycles. The highest BCUT2D eigenvalue weighted by atomic mass is 32.1. The fourth-order valence-corrected chi connectivity index (χ4v) is 2.97. The number of piperidine rings is 1. The molecule has 0 radical (unpaired) electrons. The van der Waals surface area contributed by atoms with Crippen LogP contribution in [0.15, 0.2) is 0 Å². The van der Waals surface area contributed by atoms with Gasteiger partial charge in [0.05, 0.1) is 17.8 Å². The number of hydrogen-bond donors (Lipinski definition) is 1. The lowest BCUT2D eigenvalue weighted by atomic mass is 9.94.